The van der Waals surface area contributed by atoms with Crippen LogP contribution in [0.2, 0.25) is 0 Å². The number of hydrogen-bond donors (Lipinski definition) is 2. The number of ether oxygens (including phenoxy) is 1. The lowest BCUT2D eigenvalue weighted by Crippen LogP contribution is -2.32. The van der Waals surface area contributed by atoms with Crippen molar-refractivity contribution in [3.05, 3.63) is 66.1 Å². The number of methoxy groups -OCH3 is 1. The van der Waals surface area contributed by atoms with E-state index < -0.39 is 0 Å². The van der Waals surface area contributed by atoms with Crippen LogP contribution >= 0.6 is 0 Å². The summed E-state index contributed by atoms with van der Waals surface area (Å²) in [6.45, 7) is 6.63. The lowest BCUT2D eigenvalue weighted by molar-refractivity contribution is 0.0344. The van der Waals surface area contributed by atoms with Gasteiger partial charge in [-0.05, 0) is 69.5 Å². The maximum atomic E-state index is 12.6. The summed E-state index contributed by atoms with van der Waals surface area (Å²) in [5.41, 5.74) is 6.40. The highest BCUT2D eigenvalue weighted by molar-refractivity contribution is 5.96. The Hall–Kier alpha value is -3.78. The van der Waals surface area contributed by atoms with Crippen molar-refractivity contribution in [1.82, 2.24) is 24.9 Å². The molecule has 8 heteroatoms. The van der Waals surface area contributed by atoms with E-state index in [0.29, 0.717) is 18.2 Å². The minimum Gasteiger partial charge on any atom is -0.379 e. The first-order valence-corrected chi connectivity index (χ1v) is 11.8. The van der Waals surface area contributed by atoms with E-state index in [1.54, 1.807) is 19.5 Å². The van der Waals surface area contributed by atoms with Gasteiger partial charge in [-0.1, -0.05) is 6.07 Å². The molecule has 4 aromatic rings. The van der Waals surface area contributed by atoms with Gasteiger partial charge in [0.2, 0.25) is 0 Å². The third-order valence-electron chi connectivity index (χ3n) is 6.38. The monoisotopic (exact) mass is 470 g/mol. The molecule has 3 aromatic heterocycles. The first-order chi connectivity index (χ1) is 16.8. The second kappa shape index (κ2) is 9.11. The standard InChI is InChI=1S/C27H30N6O2/c1-17-13-19(5-8-21(17)26(34)31-20-6-7-20)24-15-29-25-23(30-16-27(2,3)35-4)14-22(32-33(24)25)18-9-11-28-12-10-18/h5,8-15,20,30H,6-7,16H2,1-4H3,(H,31,34). The van der Waals surface area contributed by atoms with Gasteiger partial charge in [-0.3, -0.25) is 9.78 Å². The maximum absolute atomic E-state index is 12.6. The predicted molar refractivity (Wildman–Crippen MR) is 136 cm³/mol. The first-order valence-electron chi connectivity index (χ1n) is 11.8. The summed E-state index contributed by atoms with van der Waals surface area (Å²) >= 11 is 0. The molecule has 0 radical (unpaired) electrons. The molecule has 1 aliphatic rings. The van der Waals surface area contributed by atoms with Crippen LogP contribution in [-0.4, -0.2) is 50.8 Å². The Labute approximate surface area is 204 Å². The van der Waals surface area contributed by atoms with Gasteiger partial charge in [0.15, 0.2) is 5.65 Å². The third-order valence-corrected chi connectivity index (χ3v) is 6.38. The minimum absolute atomic E-state index is 0.0139. The maximum Gasteiger partial charge on any atom is 0.251 e. The molecule has 180 valence electrons. The Kier molecular flexibility index (Phi) is 5.98. The highest BCUT2D eigenvalue weighted by Gasteiger charge is 2.25. The van der Waals surface area contributed by atoms with E-state index in [0.717, 1.165) is 52.3 Å². The van der Waals surface area contributed by atoms with Crippen LogP contribution in [0.25, 0.3) is 28.2 Å². The highest BCUT2D eigenvalue weighted by Crippen LogP contribution is 2.29. The number of aryl methyl sites for hydroxylation is 1. The number of rotatable bonds is 8. The van der Waals surface area contributed by atoms with E-state index >= 15 is 0 Å². The van der Waals surface area contributed by atoms with Crippen LogP contribution in [0.15, 0.2) is 55.0 Å². The van der Waals surface area contributed by atoms with Crippen LogP contribution < -0.4 is 10.6 Å². The number of amides is 1. The van der Waals surface area contributed by atoms with Crippen LogP contribution in [0.3, 0.4) is 0 Å². The number of nitrogens with one attached hydrogen (secondary N) is 2. The van der Waals surface area contributed by atoms with Gasteiger partial charge in [0.25, 0.3) is 5.91 Å². The summed E-state index contributed by atoms with van der Waals surface area (Å²) in [6, 6.07) is 12.1. The van der Waals surface area contributed by atoms with E-state index in [1.807, 2.05) is 67.9 Å². The quantitative estimate of drug-likeness (QED) is 0.394. The zero-order chi connectivity index (χ0) is 24.6. The number of carbonyl (C=O) groups is 1. The van der Waals surface area contributed by atoms with Gasteiger partial charge < -0.3 is 15.4 Å². The smallest absolute Gasteiger partial charge is 0.251 e. The molecule has 0 saturated heterocycles. The number of anilines is 1. The summed E-state index contributed by atoms with van der Waals surface area (Å²) in [4.78, 5) is 21.4. The fourth-order valence-corrected chi connectivity index (χ4v) is 3.91. The summed E-state index contributed by atoms with van der Waals surface area (Å²) < 4.78 is 7.44. The third kappa shape index (κ3) is 4.88. The first kappa shape index (κ1) is 23.0. The molecule has 0 atom stereocenters. The van der Waals surface area contributed by atoms with Crippen LogP contribution in [0.5, 0.6) is 0 Å². The molecule has 0 bridgehead atoms. The highest BCUT2D eigenvalue weighted by atomic mass is 16.5. The van der Waals surface area contributed by atoms with Gasteiger partial charge in [-0.2, -0.15) is 5.10 Å². The molecular weight excluding hydrogens is 440 g/mol. The Morgan fingerprint density at radius 2 is 1.91 bits per heavy atom. The van der Waals surface area contributed by atoms with E-state index in [4.69, 9.17) is 14.8 Å². The fraction of sp³-hybridized carbons (Fsp3) is 0.333. The molecule has 0 aliphatic heterocycles. The average molecular weight is 471 g/mol. The molecule has 0 spiro atoms. The van der Waals surface area contributed by atoms with Crippen molar-refractivity contribution in [2.45, 2.75) is 45.3 Å². The van der Waals surface area contributed by atoms with Gasteiger partial charge in [-0.15, -0.1) is 0 Å². The van der Waals surface area contributed by atoms with Gasteiger partial charge in [0.1, 0.15) is 0 Å². The van der Waals surface area contributed by atoms with Gasteiger partial charge in [-0.25, -0.2) is 9.50 Å². The molecule has 1 aromatic carbocycles. The summed E-state index contributed by atoms with van der Waals surface area (Å²) in [5, 5.41) is 11.5. The van der Waals surface area contributed by atoms with Crippen molar-refractivity contribution < 1.29 is 9.53 Å². The molecule has 5 rings (SSSR count). The SMILES string of the molecule is COC(C)(C)CNc1cc(-c2ccncc2)nn2c(-c3ccc(C(=O)NC4CC4)c(C)c3)cnc12. The number of pyridine rings is 1. The van der Waals surface area contributed by atoms with Crippen molar-refractivity contribution in [1.29, 1.82) is 0 Å². The Morgan fingerprint density at radius 3 is 2.60 bits per heavy atom. The Balaban J connectivity index is 1.57. The number of hydrogen-bond acceptors (Lipinski definition) is 6. The normalized spacial score (nSPS) is 13.7. The van der Waals surface area contributed by atoms with Crippen molar-refractivity contribution >= 4 is 17.2 Å². The summed E-state index contributed by atoms with van der Waals surface area (Å²) in [7, 11) is 1.71. The lowest BCUT2D eigenvalue weighted by atomic mass is 10.0. The zero-order valence-electron chi connectivity index (χ0n) is 20.5. The van der Waals surface area contributed by atoms with E-state index in [2.05, 4.69) is 15.6 Å². The van der Waals surface area contributed by atoms with Gasteiger partial charge >= 0.3 is 0 Å². The Bertz CT molecular complexity index is 1380. The average Bonchev–Trinajstić information content (AvgIpc) is 3.57. The molecule has 8 nitrogen and oxygen atoms in total. The lowest BCUT2D eigenvalue weighted by Gasteiger charge is -2.24. The van der Waals surface area contributed by atoms with Crippen LogP contribution in [0.1, 0.15) is 42.6 Å². The Morgan fingerprint density at radius 1 is 1.14 bits per heavy atom. The molecule has 1 aliphatic carbocycles. The van der Waals surface area contributed by atoms with Crippen molar-refractivity contribution in [3.8, 4) is 22.5 Å². The van der Waals surface area contributed by atoms with Crippen LogP contribution in [0.4, 0.5) is 5.69 Å². The number of imidazole rings is 1. The molecule has 3 heterocycles. The fourth-order valence-electron chi connectivity index (χ4n) is 3.91. The second-order valence-electron chi connectivity index (χ2n) is 9.65. The van der Waals surface area contributed by atoms with Crippen LogP contribution in [-0.2, 0) is 4.74 Å². The topological polar surface area (TPSA) is 93.4 Å². The molecule has 0 unspecified atom stereocenters. The predicted octanol–water partition coefficient (Wildman–Crippen LogP) is 4.50. The molecular formula is C27H30N6O2. The van der Waals surface area contributed by atoms with Crippen LogP contribution in [0, 0.1) is 6.92 Å². The van der Waals surface area contributed by atoms with Crippen molar-refractivity contribution in [3.63, 3.8) is 0 Å². The molecule has 1 saturated carbocycles. The van der Waals surface area contributed by atoms with Gasteiger partial charge in [0, 0.05) is 48.8 Å². The number of benzene rings is 1. The summed E-state index contributed by atoms with van der Waals surface area (Å²) in [6.07, 6.45) is 7.46. The molecule has 35 heavy (non-hydrogen) atoms. The molecule has 2 N–H and O–H groups in total. The van der Waals surface area contributed by atoms with E-state index in [1.165, 1.54) is 0 Å². The number of fused-ring (bicyclic) bond motifs is 1. The number of aromatic nitrogens is 4. The minimum atomic E-state index is -0.347. The van der Waals surface area contributed by atoms with Crippen molar-refractivity contribution in [2.24, 2.45) is 0 Å². The van der Waals surface area contributed by atoms with Gasteiger partial charge in [0.05, 0.1) is 28.9 Å². The van der Waals surface area contributed by atoms with E-state index in [-0.39, 0.29) is 11.5 Å². The largest absolute Gasteiger partial charge is 0.379 e. The molecule has 1 amide bonds. The number of nitrogens with zero attached hydrogens (tertiary/aromatic N) is 4. The zero-order valence-corrected chi connectivity index (χ0v) is 20.5. The summed E-state index contributed by atoms with van der Waals surface area (Å²) in [5.74, 6) is -0.0139. The van der Waals surface area contributed by atoms with E-state index in [9.17, 15) is 4.79 Å². The number of carbonyl (C=O) groups excluding carboxylic acids is 1. The molecule has 1 fully saturated rings. The second-order valence-corrected chi connectivity index (χ2v) is 9.65. The van der Waals surface area contributed by atoms with Crippen molar-refractivity contribution in [2.75, 3.05) is 19.0 Å².